The highest BCUT2D eigenvalue weighted by molar-refractivity contribution is 8.00. The maximum absolute atomic E-state index is 10.6. The van der Waals surface area contributed by atoms with E-state index >= 15 is 0 Å². The van der Waals surface area contributed by atoms with Gasteiger partial charge in [-0.2, -0.15) is 0 Å². The van der Waals surface area contributed by atoms with Gasteiger partial charge in [-0.15, -0.1) is 0 Å². The molecule has 1 aliphatic heterocycles. The molecule has 3 aromatic rings. The molecule has 0 bridgehead atoms. The Morgan fingerprint density at radius 1 is 1.21 bits per heavy atom. The third kappa shape index (κ3) is 8.45. The minimum absolute atomic E-state index is 0.485. The van der Waals surface area contributed by atoms with Gasteiger partial charge in [0, 0.05) is 55.7 Å². The number of hydrogen-bond acceptors (Lipinski definition) is 7. The molecule has 2 aromatic carbocycles. The minimum Gasteiger partial charge on any atom is -0.381 e. The van der Waals surface area contributed by atoms with Crippen molar-refractivity contribution in [2.75, 3.05) is 43.5 Å². The number of amides is 1. The summed E-state index contributed by atoms with van der Waals surface area (Å²) in [7, 11) is 3.69. The minimum atomic E-state index is -0.485. The molecular formula is C30H45N5O3S. The van der Waals surface area contributed by atoms with Crippen LogP contribution in [0.4, 0.5) is 11.4 Å². The second kappa shape index (κ2) is 14.7. The number of ether oxygens (including phenoxy) is 2. The summed E-state index contributed by atoms with van der Waals surface area (Å²) in [6.07, 6.45) is 2.84. The van der Waals surface area contributed by atoms with E-state index in [1.165, 1.54) is 0 Å². The van der Waals surface area contributed by atoms with E-state index in [2.05, 4.69) is 72.3 Å². The molecule has 0 spiro atoms. The van der Waals surface area contributed by atoms with Crippen LogP contribution in [0.1, 0.15) is 53.3 Å². The van der Waals surface area contributed by atoms with E-state index < -0.39 is 5.60 Å². The average Bonchev–Trinajstić information content (AvgIpc) is 3.32. The van der Waals surface area contributed by atoms with Gasteiger partial charge in [0.2, 0.25) is 6.41 Å². The standard InChI is InChI=1S/C26H34N4O3S.C4H11N/c1-5-30(34-22-9-6-20(7-10-22)27-18-31)21-8-11-24-23(16-21)28-25(26(2,3)32-4)29(24)17-19-12-14-33-15-13-19;1-4(2)5-3/h6-11,16,18-19H,5,12-15,17H2,1-4H3,(H,27,31);4-5H,1-3H3. The van der Waals surface area contributed by atoms with Crippen molar-refractivity contribution in [2.24, 2.45) is 5.92 Å². The Morgan fingerprint density at radius 3 is 2.44 bits per heavy atom. The van der Waals surface area contributed by atoms with Crippen molar-refractivity contribution in [1.29, 1.82) is 0 Å². The highest BCUT2D eigenvalue weighted by Crippen LogP contribution is 2.34. The number of aromatic nitrogens is 2. The number of nitrogens with one attached hydrogen (secondary N) is 2. The quantitative estimate of drug-likeness (QED) is 0.220. The van der Waals surface area contributed by atoms with E-state index in [-0.39, 0.29) is 0 Å². The second-order valence-corrected chi connectivity index (χ2v) is 11.6. The molecule has 0 saturated carbocycles. The maximum atomic E-state index is 10.6. The van der Waals surface area contributed by atoms with Crippen molar-refractivity contribution in [3.63, 3.8) is 0 Å². The molecule has 1 amide bonds. The number of carbonyl (C=O) groups excluding carboxylic acids is 1. The number of fused-ring (bicyclic) bond motifs is 1. The highest BCUT2D eigenvalue weighted by atomic mass is 32.2. The van der Waals surface area contributed by atoms with Crippen LogP contribution in [0.15, 0.2) is 47.4 Å². The molecule has 1 saturated heterocycles. The first-order valence-corrected chi connectivity index (χ1v) is 14.6. The summed E-state index contributed by atoms with van der Waals surface area (Å²) in [4.78, 5) is 16.8. The van der Waals surface area contributed by atoms with Crippen LogP contribution in [0, 0.1) is 5.92 Å². The Balaban J connectivity index is 0.000000771. The number of imidazole rings is 1. The zero-order valence-electron chi connectivity index (χ0n) is 24.5. The van der Waals surface area contributed by atoms with Crippen LogP contribution in [-0.2, 0) is 26.4 Å². The lowest BCUT2D eigenvalue weighted by atomic mass is 9.99. The van der Waals surface area contributed by atoms with Crippen molar-refractivity contribution in [2.45, 2.75) is 70.5 Å². The third-order valence-corrected chi connectivity index (χ3v) is 8.18. The summed E-state index contributed by atoms with van der Waals surface area (Å²) in [6, 6.07) is 15.0. The molecule has 39 heavy (non-hydrogen) atoms. The number of carbonyl (C=O) groups is 1. The van der Waals surface area contributed by atoms with Crippen LogP contribution in [0.5, 0.6) is 0 Å². The molecule has 8 nitrogen and oxygen atoms in total. The van der Waals surface area contributed by atoms with Crippen molar-refractivity contribution < 1.29 is 14.3 Å². The van der Waals surface area contributed by atoms with Crippen molar-refractivity contribution in [3.8, 4) is 0 Å². The molecule has 1 aromatic heterocycles. The monoisotopic (exact) mass is 555 g/mol. The van der Waals surface area contributed by atoms with Crippen molar-refractivity contribution >= 4 is 40.8 Å². The predicted molar refractivity (Wildman–Crippen MR) is 163 cm³/mol. The zero-order chi connectivity index (χ0) is 28.4. The van der Waals surface area contributed by atoms with E-state index in [1.54, 1.807) is 19.1 Å². The van der Waals surface area contributed by atoms with Crippen LogP contribution in [-0.4, -0.2) is 55.9 Å². The predicted octanol–water partition coefficient (Wildman–Crippen LogP) is 6.06. The SMILES string of the molecule is CCN(Sc1ccc(NC=O)cc1)c1ccc2c(c1)nc(C(C)(C)OC)n2CC1CCOCC1.CNC(C)C. The van der Waals surface area contributed by atoms with Gasteiger partial charge in [0.1, 0.15) is 11.4 Å². The summed E-state index contributed by atoms with van der Waals surface area (Å²) in [5, 5.41) is 5.70. The molecule has 1 aliphatic rings. The summed E-state index contributed by atoms with van der Waals surface area (Å²) >= 11 is 1.67. The molecule has 2 N–H and O–H groups in total. The fraction of sp³-hybridized carbons (Fsp3) is 0.533. The molecule has 0 radical (unpaired) electrons. The topological polar surface area (TPSA) is 80.7 Å². The highest BCUT2D eigenvalue weighted by Gasteiger charge is 2.29. The van der Waals surface area contributed by atoms with Gasteiger partial charge in [-0.25, -0.2) is 4.98 Å². The Bertz CT molecular complexity index is 1170. The number of methoxy groups -OCH3 is 1. The van der Waals surface area contributed by atoms with Crippen LogP contribution in [0.25, 0.3) is 11.0 Å². The Hall–Kier alpha value is -2.59. The first kappa shape index (κ1) is 30.9. The maximum Gasteiger partial charge on any atom is 0.211 e. The van der Waals surface area contributed by atoms with Crippen LogP contribution < -0.4 is 14.9 Å². The van der Waals surface area contributed by atoms with E-state index in [4.69, 9.17) is 14.5 Å². The molecule has 1 fully saturated rings. The lowest BCUT2D eigenvalue weighted by Gasteiger charge is -2.27. The Kier molecular flexibility index (Phi) is 11.7. The first-order chi connectivity index (χ1) is 18.7. The van der Waals surface area contributed by atoms with Gasteiger partial charge in [-0.1, -0.05) is 13.8 Å². The number of hydrogen-bond donors (Lipinski definition) is 2. The molecule has 4 rings (SSSR count). The fourth-order valence-corrected chi connectivity index (χ4v) is 5.16. The number of nitrogens with zero attached hydrogens (tertiary/aromatic N) is 3. The summed E-state index contributed by atoms with van der Waals surface area (Å²) in [5.41, 5.74) is 3.52. The molecule has 0 unspecified atom stereocenters. The first-order valence-electron chi connectivity index (χ1n) is 13.8. The molecule has 0 atom stereocenters. The van der Waals surface area contributed by atoms with Crippen LogP contribution >= 0.6 is 11.9 Å². The normalized spacial score (nSPS) is 14.3. The second-order valence-electron chi connectivity index (χ2n) is 10.5. The summed E-state index contributed by atoms with van der Waals surface area (Å²) < 4.78 is 16.0. The molecule has 2 heterocycles. The van der Waals surface area contributed by atoms with Crippen LogP contribution in [0.2, 0.25) is 0 Å². The van der Waals surface area contributed by atoms with Gasteiger partial charge in [-0.05, 0) is 101 Å². The average molecular weight is 556 g/mol. The lowest BCUT2D eigenvalue weighted by molar-refractivity contribution is -0.105. The van der Waals surface area contributed by atoms with E-state index in [0.717, 1.165) is 72.3 Å². The van der Waals surface area contributed by atoms with Crippen molar-refractivity contribution in [1.82, 2.24) is 14.9 Å². The van der Waals surface area contributed by atoms with E-state index in [9.17, 15) is 4.79 Å². The van der Waals surface area contributed by atoms with Crippen LogP contribution in [0.3, 0.4) is 0 Å². The van der Waals surface area contributed by atoms with Gasteiger partial charge in [-0.3, -0.25) is 4.79 Å². The smallest absolute Gasteiger partial charge is 0.211 e. The molecule has 214 valence electrons. The van der Waals surface area contributed by atoms with Gasteiger partial charge in [0.15, 0.2) is 0 Å². The van der Waals surface area contributed by atoms with Gasteiger partial charge in [0.05, 0.1) is 11.0 Å². The van der Waals surface area contributed by atoms with Crippen molar-refractivity contribution in [3.05, 3.63) is 48.3 Å². The third-order valence-electron chi connectivity index (χ3n) is 7.01. The van der Waals surface area contributed by atoms with E-state index in [1.807, 2.05) is 31.3 Å². The van der Waals surface area contributed by atoms with Gasteiger partial charge >= 0.3 is 0 Å². The Labute approximate surface area is 238 Å². The van der Waals surface area contributed by atoms with E-state index in [0.29, 0.717) is 18.4 Å². The summed E-state index contributed by atoms with van der Waals surface area (Å²) in [6.45, 7) is 13.9. The Morgan fingerprint density at radius 2 is 1.87 bits per heavy atom. The number of anilines is 2. The number of benzene rings is 2. The molecular weight excluding hydrogens is 510 g/mol. The molecule has 0 aliphatic carbocycles. The molecule has 9 heteroatoms. The number of rotatable bonds is 11. The zero-order valence-corrected chi connectivity index (χ0v) is 25.3. The fourth-order valence-electron chi connectivity index (χ4n) is 4.30. The largest absolute Gasteiger partial charge is 0.381 e. The summed E-state index contributed by atoms with van der Waals surface area (Å²) in [5.74, 6) is 1.54. The van der Waals surface area contributed by atoms with Gasteiger partial charge < -0.3 is 29.0 Å². The lowest BCUT2D eigenvalue weighted by Crippen LogP contribution is -2.28. The van der Waals surface area contributed by atoms with Gasteiger partial charge in [0.25, 0.3) is 0 Å².